The summed E-state index contributed by atoms with van der Waals surface area (Å²) >= 11 is 0. The second-order valence-corrected chi connectivity index (χ2v) is 3.68. The normalized spacial score (nSPS) is 14.5. The number of H-pyrrole nitrogens is 1. The van der Waals surface area contributed by atoms with E-state index in [0.717, 1.165) is 12.8 Å². The summed E-state index contributed by atoms with van der Waals surface area (Å²) in [5.41, 5.74) is 0.244. The zero-order valence-corrected chi connectivity index (χ0v) is 8.69. The Morgan fingerprint density at radius 2 is 2.12 bits per heavy atom. The smallest absolute Gasteiger partial charge is 0.273 e. The van der Waals surface area contributed by atoms with Gasteiger partial charge in [-0.15, -0.1) is 0 Å². The highest BCUT2D eigenvalue weighted by Crippen LogP contribution is 2.28. The van der Waals surface area contributed by atoms with Gasteiger partial charge in [0.15, 0.2) is 5.69 Å². The minimum absolute atomic E-state index is 0.0793. The predicted octanol–water partition coefficient (Wildman–Crippen LogP) is -0.939. The predicted molar refractivity (Wildman–Crippen MR) is 54.4 cm³/mol. The highest BCUT2D eigenvalue weighted by atomic mass is 16.2. The summed E-state index contributed by atoms with van der Waals surface area (Å²) in [7, 11) is 0. The van der Waals surface area contributed by atoms with Crippen molar-refractivity contribution < 1.29 is 9.59 Å². The van der Waals surface area contributed by atoms with E-state index in [0.29, 0.717) is 13.1 Å². The van der Waals surface area contributed by atoms with Crippen LogP contribution in [-0.4, -0.2) is 40.3 Å². The number of hydrogen-bond acceptors (Lipinski definition) is 4. The Labute approximate surface area is 92.0 Å². The molecule has 1 heterocycles. The maximum atomic E-state index is 11.4. The van der Waals surface area contributed by atoms with Crippen LogP contribution in [0.2, 0.25) is 0 Å². The van der Waals surface area contributed by atoms with Crippen molar-refractivity contribution in [3.63, 3.8) is 0 Å². The lowest BCUT2D eigenvalue weighted by molar-refractivity contribution is -0.122. The van der Waals surface area contributed by atoms with Crippen LogP contribution < -0.4 is 10.6 Å². The molecule has 0 saturated heterocycles. The minimum Gasteiger partial charge on any atom is -0.354 e. The number of amides is 2. The highest BCUT2D eigenvalue weighted by molar-refractivity contribution is 5.91. The number of aromatic nitrogens is 3. The molecule has 2 rings (SSSR count). The molecule has 0 spiro atoms. The van der Waals surface area contributed by atoms with Gasteiger partial charge in [0.25, 0.3) is 5.91 Å². The molecular formula is C9H13N5O2. The van der Waals surface area contributed by atoms with Gasteiger partial charge in [-0.05, 0) is 12.8 Å². The zero-order chi connectivity index (χ0) is 11.4. The van der Waals surface area contributed by atoms with Crippen molar-refractivity contribution in [2.45, 2.75) is 12.8 Å². The first-order valence-corrected chi connectivity index (χ1v) is 5.19. The number of aromatic amines is 1. The molecule has 3 N–H and O–H groups in total. The molecule has 0 atom stereocenters. The van der Waals surface area contributed by atoms with Crippen molar-refractivity contribution in [1.29, 1.82) is 0 Å². The van der Waals surface area contributed by atoms with Crippen molar-refractivity contribution in [3.05, 3.63) is 11.9 Å². The SMILES string of the molecule is O=C(NCCNC(=O)C1CC1)c1cn[nH]n1. The number of rotatable bonds is 5. The third-order valence-electron chi connectivity index (χ3n) is 2.31. The molecule has 1 aliphatic rings. The van der Waals surface area contributed by atoms with E-state index in [-0.39, 0.29) is 23.4 Å². The Bertz CT molecular complexity index is 371. The quantitative estimate of drug-likeness (QED) is 0.561. The van der Waals surface area contributed by atoms with E-state index in [4.69, 9.17) is 0 Å². The Morgan fingerprint density at radius 1 is 1.38 bits per heavy atom. The van der Waals surface area contributed by atoms with Crippen molar-refractivity contribution in [2.75, 3.05) is 13.1 Å². The Kier molecular flexibility index (Phi) is 3.13. The Balaban J connectivity index is 1.60. The van der Waals surface area contributed by atoms with Gasteiger partial charge in [-0.1, -0.05) is 0 Å². The molecule has 86 valence electrons. The largest absolute Gasteiger partial charge is 0.354 e. The monoisotopic (exact) mass is 223 g/mol. The molecule has 1 aromatic heterocycles. The molecule has 0 aromatic carbocycles. The van der Waals surface area contributed by atoms with Crippen LogP contribution in [0.4, 0.5) is 0 Å². The van der Waals surface area contributed by atoms with Crippen LogP contribution in [0.25, 0.3) is 0 Å². The third-order valence-corrected chi connectivity index (χ3v) is 2.31. The molecule has 1 fully saturated rings. The summed E-state index contributed by atoms with van der Waals surface area (Å²) in [6.45, 7) is 0.836. The van der Waals surface area contributed by atoms with Crippen molar-refractivity contribution >= 4 is 11.8 Å². The summed E-state index contributed by atoms with van der Waals surface area (Å²) in [5, 5.41) is 14.9. The molecule has 1 saturated carbocycles. The van der Waals surface area contributed by atoms with Gasteiger partial charge in [-0.3, -0.25) is 9.59 Å². The standard InChI is InChI=1S/C9H13N5O2/c15-8(6-1-2-6)10-3-4-11-9(16)7-5-12-14-13-7/h5-6H,1-4H2,(H,10,15)(H,11,16)(H,12,13,14). The van der Waals surface area contributed by atoms with Gasteiger partial charge in [0.05, 0.1) is 6.20 Å². The van der Waals surface area contributed by atoms with E-state index in [2.05, 4.69) is 26.0 Å². The fraction of sp³-hybridized carbons (Fsp3) is 0.556. The van der Waals surface area contributed by atoms with Gasteiger partial charge in [-0.25, -0.2) is 0 Å². The van der Waals surface area contributed by atoms with Crippen molar-refractivity contribution in [1.82, 2.24) is 26.0 Å². The molecule has 7 nitrogen and oxygen atoms in total. The van der Waals surface area contributed by atoms with E-state index in [1.165, 1.54) is 6.20 Å². The Hall–Kier alpha value is -1.92. The van der Waals surface area contributed by atoms with E-state index >= 15 is 0 Å². The molecular weight excluding hydrogens is 210 g/mol. The van der Waals surface area contributed by atoms with E-state index in [1.54, 1.807) is 0 Å². The highest BCUT2D eigenvalue weighted by Gasteiger charge is 2.28. The van der Waals surface area contributed by atoms with Gasteiger partial charge < -0.3 is 10.6 Å². The second-order valence-electron chi connectivity index (χ2n) is 3.68. The summed E-state index contributed by atoms with van der Waals surface area (Å²) in [6.07, 6.45) is 3.31. The topological polar surface area (TPSA) is 99.8 Å². The number of carbonyl (C=O) groups excluding carboxylic acids is 2. The van der Waals surface area contributed by atoms with E-state index in [1.807, 2.05) is 0 Å². The number of nitrogens with zero attached hydrogens (tertiary/aromatic N) is 2. The summed E-state index contributed by atoms with van der Waals surface area (Å²) in [4.78, 5) is 22.6. The molecule has 0 unspecified atom stereocenters. The zero-order valence-electron chi connectivity index (χ0n) is 8.69. The number of carbonyl (C=O) groups is 2. The minimum atomic E-state index is -0.297. The molecule has 16 heavy (non-hydrogen) atoms. The Morgan fingerprint density at radius 3 is 2.75 bits per heavy atom. The van der Waals surface area contributed by atoms with Crippen LogP contribution >= 0.6 is 0 Å². The van der Waals surface area contributed by atoms with Crippen LogP contribution in [0, 0.1) is 5.92 Å². The average molecular weight is 223 g/mol. The van der Waals surface area contributed by atoms with Crippen molar-refractivity contribution in [3.8, 4) is 0 Å². The van der Waals surface area contributed by atoms with Gasteiger partial charge >= 0.3 is 0 Å². The van der Waals surface area contributed by atoms with Crippen LogP contribution in [0.5, 0.6) is 0 Å². The molecule has 0 bridgehead atoms. The number of hydrogen-bond donors (Lipinski definition) is 3. The molecule has 1 aromatic rings. The maximum Gasteiger partial charge on any atom is 0.273 e. The van der Waals surface area contributed by atoms with Crippen LogP contribution in [0.3, 0.4) is 0 Å². The fourth-order valence-electron chi connectivity index (χ4n) is 1.25. The first-order valence-electron chi connectivity index (χ1n) is 5.19. The maximum absolute atomic E-state index is 11.4. The van der Waals surface area contributed by atoms with Crippen LogP contribution in [0.1, 0.15) is 23.3 Å². The first kappa shape index (κ1) is 10.6. The van der Waals surface area contributed by atoms with Crippen LogP contribution in [0.15, 0.2) is 6.20 Å². The van der Waals surface area contributed by atoms with E-state index < -0.39 is 0 Å². The molecule has 1 aliphatic carbocycles. The lowest BCUT2D eigenvalue weighted by Crippen LogP contribution is -2.35. The second kappa shape index (κ2) is 4.73. The molecule has 7 heteroatoms. The molecule has 0 aliphatic heterocycles. The van der Waals surface area contributed by atoms with Crippen molar-refractivity contribution in [2.24, 2.45) is 5.92 Å². The lowest BCUT2D eigenvalue weighted by atomic mass is 10.4. The third kappa shape index (κ3) is 2.78. The van der Waals surface area contributed by atoms with Gasteiger partial charge in [-0.2, -0.15) is 15.4 Å². The fourth-order valence-corrected chi connectivity index (χ4v) is 1.25. The molecule has 0 radical (unpaired) electrons. The summed E-state index contributed by atoms with van der Waals surface area (Å²) in [5.74, 6) is -0.0173. The van der Waals surface area contributed by atoms with Crippen LogP contribution in [-0.2, 0) is 4.79 Å². The van der Waals surface area contributed by atoms with Gasteiger partial charge in [0.1, 0.15) is 0 Å². The first-order chi connectivity index (χ1) is 7.77. The van der Waals surface area contributed by atoms with E-state index in [9.17, 15) is 9.59 Å². The number of nitrogens with one attached hydrogen (secondary N) is 3. The summed E-state index contributed by atoms with van der Waals surface area (Å²) < 4.78 is 0. The summed E-state index contributed by atoms with van der Waals surface area (Å²) in [6, 6.07) is 0. The van der Waals surface area contributed by atoms with Gasteiger partial charge in [0, 0.05) is 19.0 Å². The molecule has 2 amide bonds. The van der Waals surface area contributed by atoms with Gasteiger partial charge in [0.2, 0.25) is 5.91 Å². The lowest BCUT2D eigenvalue weighted by Gasteiger charge is -2.04. The average Bonchev–Trinajstić information content (AvgIpc) is 2.99.